The average Bonchev–Trinajstić information content (AvgIpc) is 2.18. The monoisotopic (exact) mass is 145 g/mol. The molecule has 0 amide bonds. The summed E-state index contributed by atoms with van der Waals surface area (Å²) in [7, 11) is 0. The fraction of sp³-hybridized carbons (Fsp3) is 0.667. The maximum atomic E-state index is 8.57. The normalized spacial score (nSPS) is 18.4. The molecular formula is C6H11NOS. The topological polar surface area (TPSA) is 23.5 Å². The summed E-state index contributed by atoms with van der Waals surface area (Å²) in [6, 6.07) is 0. The molecule has 1 aliphatic rings. The van der Waals surface area contributed by atoms with Gasteiger partial charge in [0.1, 0.15) is 0 Å². The van der Waals surface area contributed by atoms with E-state index in [-0.39, 0.29) is 6.61 Å². The third kappa shape index (κ3) is 1.63. The summed E-state index contributed by atoms with van der Waals surface area (Å²) in [4.78, 5) is 2.16. The minimum atomic E-state index is 0.256. The maximum absolute atomic E-state index is 8.57. The van der Waals surface area contributed by atoms with Crippen LogP contribution in [0.4, 0.5) is 0 Å². The van der Waals surface area contributed by atoms with Crippen LogP contribution >= 0.6 is 11.8 Å². The molecule has 0 saturated carbocycles. The van der Waals surface area contributed by atoms with Crippen LogP contribution in [0.25, 0.3) is 0 Å². The molecule has 0 aromatic rings. The molecule has 2 nitrogen and oxygen atoms in total. The van der Waals surface area contributed by atoms with Crippen LogP contribution in [0.1, 0.15) is 6.92 Å². The predicted molar refractivity (Wildman–Crippen MR) is 40.0 cm³/mol. The van der Waals surface area contributed by atoms with Gasteiger partial charge in [0.15, 0.2) is 0 Å². The molecule has 0 atom stereocenters. The quantitative estimate of drug-likeness (QED) is 0.623. The molecule has 52 valence electrons. The third-order valence-corrected chi connectivity index (χ3v) is 2.32. The summed E-state index contributed by atoms with van der Waals surface area (Å²) in [6.07, 6.45) is 0. The summed E-state index contributed by atoms with van der Waals surface area (Å²) >= 11 is 1.78. The van der Waals surface area contributed by atoms with Crippen LogP contribution in [0, 0.1) is 0 Å². The van der Waals surface area contributed by atoms with Gasteiger partial charge in [-0.1, -0.05) is 0 Å². The van der Waals surface area contributed by atoms with Crippen LogP contribution < -0.4 is 0 Å². The van der Waals surface area contributed by atoms with Gasteiger partial charge in [-0.25, -0.2) is 0 Å². The van der Waals surface area contributed by atoms with E-state index >= 15 is 0 Å². The van der Waals surface area contributed by atoms with Crippen molar-refractivity contribution in [2.45, 2.75) is 6.92 Å². The van der Waals surface area contributed by atoms with Crippen LogP contribution in [0.5, 0.6) is 0 Å². The minimum absolute atomic E-state index is 0.256. The molecule has 0 spiro atoms. The summed E-state index contributed by atoms with van der Waals surface area (Å²) in [5, 5.41) is 10.7. The molecule has 0 fully saturated rings. The van der Waals surface area contributed by atoms with Gasteiger partial charge in [-0.15, -0.1) is 11.8 Å². The van der Waals surface area contributed by atoms with Crippen LogP contribution in [0.2, 0.25) is 0 Å². The van der Waals surface area contributed by atoms with Crippen LogP contribution in [0.3, 0.4) is 0 Å². The molecule has 0 aromatic heterocycles. The Morgan fingerprint density at radius 1 is 1.89 bits per heavy atom. The molecule has 1 N–H and O–H groups in total. The Morgan fingerprint density at radius 3 is 3.11 bits per heavy atom. The Kier molecular flexibility index (Phi) is 2.42. The van der Waals surface area contributed by atoms with Gasteiger partial charge in [0.25, 0.3) is 0 Å². The van der Waals surface area contributed by atoms with Crippen LogP contribution in [0.15, 0.2) is 11.1 Å². The van der Waals surface area contributed by atoms with Gasteiger partial charge in [-0.3, -0.25) is 0 Å². The molecular weight excluding hydrogens is 134 g/mol. The molecule has 0 aromatic carbocycles. The van der Waals surface area contributed by atoms with Crippen molar-refractivity contribution in [3.8, 4) is 0 Å². The summed E-state index contributed by atoms with van der Waals surface area (Å²) in [5.74, 6) is 1.01. The second-order valence-corrected chi connectivity index (χ2v) is 2.87. The Bertz CT molecular complexity index is 124. The van der Waals surface area contributed by atoms with Crippen molar-refractivity contribution in [3.05, 3.63) is 11.1 Å². The van der Waals surface area contributed by atoms with Gasteiger partial charge in [-0.2, -0.15) is 0 Å². The van der Waals surface area contributed by atoms with E-state index < -0.39 is 0 Å². The van der Waals surface area contributed by atoms with E-state index in [4.69, 9.17) is 5.11 Å². The largest absolute Gasteiger partial charge is 0.395 e. The van der Waals surface area contributed by atoms with Crippen LogP contribution in [-0.2, 0) is 0 Å². The molecule has 1 aliphatic heterocycles. The molecule has 1 rings (SSSR count). The molecule has 1 heterocycles. The van der Waals surface area contributed by atoms with Crippen molar-refractivity contribution < 1.29 is 5.11 Å². The lowest BCUT2D eigenvalue weighted by atomic mass is 10.5. The number of aliphatic hydroxyl groups excluding tert-OH is 1. The molecule has 0 radical (unpaired) electrons. The van der Waals surface area contributed by atoms with Gasteiger partial charge in [-0.05, 0) is 12.3 Å². The van der Waals surface area contributed by atoms with Crippen molar-refractivity contribution in [2.24, 2.45) is 0 Å². The number of β-amino-alcohol motifs (C(OH)–C–C–N with tert-alkyl or cyclic N) is 1. The number of thioether (sulfide) groups is 1. The van der Waals surface area contributed by atoms with Gasteiger partial charge in [0.2, 0.25) is 0 Å². The second-order valence-electron chi connectivity index (χ2n) is 2.04. The van der Waals surface area contributed by atoms with Gasteiger partial charge >= 0.3 is 0 Å². The lowest BCUT2D eigenvalue weighted by molar-refractivity contribution is 0.244. The third-order valence-electron chi connectivity index (χ3n) is 1.35. The summed E-state index contributed by atoms with van der Waals surface area (Å²) < 4.78 is 0. The average molecular weight is 145 g/mol. The highest BCUT2D eigenvalue weighted by Crippen LogP contribution is 2.21. The van der Waals surface area contributed by atoms with E-state index in [1.165, 1.54) is 5.70 Å². The van der Waals surface area contributed by atoms with Gasteiger partial charge < -0.3 is 10.0 Å². The zero-order valence-electron chi connectivity index (χ0n) is 5.50. The number of nitrogens with zero attached hydrogens (tertiary/aromatic N) is 1. The van der Waals surface area contributed by atoms with Crippen molar-refractivity contribution in [1.82, 2.24) is 4.90 Å². The summed E-state index contributed by atoms with van der Waals surface area (Å²) in [5.41, 5.74) is 1.27. The van der Waals surface area contributed by atoms with E-state index in [2.05, 4.69) is 17.2 Å². The van der Waals surface area contributed by atoms with Gasteiger partial charge in [0.05, 0.1) is 12.5 Å². The maximum Gasteiger partial charge on any atom is 0.0678 e. The molecule has 0 bridgehead atoms. The Labute approximate surface area is 59.5 Å². The lowest BCUT2D eigenvalue weighted by Crippen LogP contribution is -2.21. The smallest absolute Gasteiger partial charge is 0.0678 e. The fourth-order valence-electron chi connectivity index (χ4n) is 0.786. The standard InChI is InChI=1S/C6H11NOS/c1-6-4-9-5-7(6)2-3-8/h4,8H,2-3,5H2,1H3. The number of rotatable bonds is 2. The Balaban J connectivity index is 2.34. The van der Waals surface area contributed by atoms with Crippen LogP contribution in [-0.4, -0.2) is 29.0 Å². The van der Waals surface area contributed by atoms with Gasteiger partial charge in [0, 0.05) is 12.2 Å². The summed E-state index contributed by atoms with van der Waals surface area (Å²) in [6.45, 7) is 3.09. The number of hydrogen-bond acceptors (Lipinski definition) is 3. The Morgan fingerprint density at radius 2 is 2.67 bits per heavy atom. The molecule has 0 saturated heterocycles. The zero-order valence-corrected chi connectivity index (χ0v) is 6.32. The van der Waals surface area contributed by atoms with E-state index in [0.717, 1.165) is 12.4 Å². The molecule has 0 unspecified atom stereocenters. The van der Waals surface area contributed by atoms with E-state index in [1.807, 2.05) is 0 Å². The SMILES string of the molecule is CC1=CSCN1CCO. The highest BCUT2D eigenvalue weighted by atomic mass is 32.2. The lowest BCUT2D eigenvalue weighted by Gasteiger charge is -2.16. The van der Waals surface area contributed by atoms with E-state index in [1.54, 1.807) is 11.8 Å². The fourth-order valence-corrected chi connectivity index (χ4v) is 1.76. The number of allylic oxidation sites excluding steroid dienone is 1. The first-order valence-corrected chi connectivity index (χ1v) is 4.03. The number of hydrogen-bond donors (Lipinski definition) is 1. The molecule has 9 heavy (non-hydrogen) atoms. The highest BCUT2D eigenvalue weighted by Gasteiger charge is 2.08. The van der Waals surface area contributed by atoms with Crippen molar-refractivity contribution in [3.63, 3.8) is 0 Å². The first-order chi connectivity index (χ1) is 4.34. The minimum Gasteiger partial charge on any atom is -0.395 e. The van der Waals surface area contributed by atoms with Crippen molar-refractivity contribution in [2.75, 3.05) is 19.0 Å². The second kappa shape index (κ2) is 3.13. The predicted octanol–water partition coefficient (Wildman–Crippen LogP) is 0.846. The van der Waals surface area contributed by atoms with E-state index in [9.17, 15) is 0 Å². The molecule has 3 heteroatoms. The van der Waals surface area contributed by atoms with Crippen molar-refractivity contribution in [1.29, 1.82) is 0 Å². The highest BCUT2D eigenvalue weighted by molar-refractivity contribution is 8.02. The zero-order chi connectivity index (χ0) is 6.69. The molecule has 0 aliphatic carbocycles. The first kappa shape index (κ1) is 6.96. The van der Waals surface area contributed by atoms with E-state index in [0.29, 0.717) is 0 Å². The number of aliphatic hydroxyl groups is 1. The first-order valence-electron chi connectivity index (χ1n) is 2.99. The Hall–Kier alpha value is -0.150. The van der Waals surface area contributed by atoms with Crippen molar-refractivity contribution >= 4 is 11.8 Å².